The minimum atomic E-state index is -0.881. The van der Waals surface area contributed by atoms with Crippen LogP contribution in [-0.4, -0.2) is 34.1 Å². The maximum atomic E-state index is 11.9. The standard InChI is InChI=1S/C24H24N2O5.2C2H6/c1-3-31-24(30)17-6-4-16(5-7-17)21-12-9-19(10-13-22(27)28)26(21)20-11-8-18(23(25)29)14-15(20)2;2*1-2/h4-9,11-12,14H,3,10,13H2,1-2H3,(H2,25,29)(H,27,28);2*1-2H3. The maximum absolute atomic E-state index is 11.9. The second-order valence-electron chi connectivity index (χ2n) is 7.10. The summed E-state index contributed by atoms with van der Waals surface area (Å²) in [7, 11) is 0. The Kier molecular flexibility index (Phi) is 12.0. The second-order valence-corrected chi connectivity index (χ2v) is 7.10. The van der Waals surface area contributed by atoms with Gasteiger partial charge in [-0.2, -0.15) is 0 Å². The van der Waals surface area contributed by atoms with Crippen LogP contribution in [0.4, 0.5) is 0 Å². The molecule has 0 atom stereocenters. The van der Waals surface area contributed by atoms with Gasteiger partial charge in [0.25, 0.3) is 0 Å². The van der Waals surface area contributed by atoms with Gasteiger partial charge in [-0.3, -0.25) is 9.59 Å². The number of carboxylic acids is 1. The Hall–Kier alpha value is -3.87. The number of ether oxygens (including phenoxy) is 1. The molecule has 3 aromatic rings. The van der Waals surface area contributed by atoms with E-state index < -0.39 is 11.9 Å². The van der Waals surface area contributed by atoms with Crippen molar-refractivity contribution in [3.63, 3.8) is 0 Å². The highest BCUT2D eigenvalue weighted by molar-refractivity contribution is 5.93. The van der Waals surface area contributed by atoms with E-state index in [2.05, 4.69) is 0 Å². The number of amides is 1. The van der Waals surface area contributed by atoms with Crippen LogP contribution in [0, 0.1) is 6.92 Å². The molecule has 1 heterocycles. The number of hydrogen-bond donors (Lipinski definition) is 2. The van der Waals surface area contributed by atoms with Crippen LogP contribution in [0.15, 0.2) is 54.6 Å². The average molecular weight is 481 g/mol. The smallest absolute Gasteiger partial charge is 0.338 e. The summed E-state index contributed by atoms with van der Waals surface area (Å²) in [6, 6.07) is 16.0. The van der Waals surface area contributed by atoms with Gasteiger partial charge >= 0.3 is 11.9 Å². The van der Waals surface area contributed by atoms with Crippen LogP contribution in [0.2, 0.25) is 0 Å². The van der Waals surface area contributed by atoms with E-state index >= 15 is 0 Å². The van der Waals surface area contributed by atoms with E-state index in [0.717, 1.165) is 28.2 Å². The molecule has 0 spiro atoms. The summed E-state index contributed by atoms with van der Waals surface area (Å²) in [5, 5.41) is 9.13. The van der Waals surface area contributed by atoms with Crippen molar-refractivity contribution in [2.45, 2.75) is 54.4 Å². The third-order valence-corrected chi connectivity index (χ3v) is 4.97. The molecule has 0 aliphatic heterocycles. The summed E-state index contributed by atoms with van der Waals surface area (Å²) in [6.45, 7) is 11.9. The Morgan fingerprint density at radius 3 is 2.03 bits per heavy atom. The fourth-order valence-corrected chi connectivity index (χ4v) is 3.47. The van der Waals surface area contributed by atoms with Crippen LogP contribution in [0.1, 0.15) is 73.0 Å². The molecule has 0 saturated heterocycles. The highest BCUT2D eigenvalue weighted by atomic mass is 16.5. The van der Waals surface area contributed by atoms with Crippen LogP contribution in [0.5, 0.6) is 0 Å². The predicted molar refractivity (Wildman–Crippen MR) is 139 cm³/mol. The molecule has 3 rings (SSSR count). The van der Waals surface area contributed by atoms with Crippen LogP contribution in [-0.2, 0) is 16.0 Å². The summed E-state index contributed by atoms with van der Waals surface area (Å²) in [6.07, 6.45) is 0.330. The molecule has 1 aromatic heterocycles. The van der Waals surface area contributed by atoms with Crippen LogP contribution in [0.3, 0.4) is 0 Å². The Balaban J connectivity index is 0.00000145. The summed E-state index contributed by atoms with van der Waals surface area (Å²) in [5.41, 5.74) is 10.4. The van der Waals surface area contributed by atoms with Gasteiger partial charge in [0.1, 0.15) is 0 Å². The first kappa shape index (κ1) is 29.2. The maximum Gasteiger partial charge on any atom is 0.338 e. The average Bonchev–Trinajstić information content (AvgIpc) is 3.29. The van der Waals surface area contributed by atoms with Crippen molar-refractivity contribution < 1.29 is 24.2 Å². The highest BCUT2D eigenvalue weighted by Gasteiger charge is 2.16. The number of primary amides is 1. The first-order valence-corrected chi connectivity index (χ1v) is 11.9. The zero-order valence-electron chi connectivity index (χ0n) is 21.4. The molecule has 0 unspecified atom stereocenters. The predicted octanol–water partition coefficient (Wildman–Crippen LogP) is 5.80. The molecule has 0 aliphatic rings. The summed E-state index contributed by atoms with van der Waals surface area (Å²) in [4.78, 5) is 34.6. The minimum Gasteiger partial charge on any atom is -0.481 e. The van der Waals surface area contributed by atoms with Gasteiger partial charge in [0.05, 0.1) is 24.3 Å². The number of aromatic nitrogens is 1. The summed E-state index contributed by atoms with van der Waals surface area (Å²) in [5.74, 6) is -1.78. The van der Waals surface area contributed by atoms with Gasteiger partial charge in [-0.05, 0) is 73.9 Å². The van der Waals surface area contributed by atoms with Crippen molar-refractivity contribution in [2.75, 3.05) is 6.61 Å². The van der Waals surface area contributed by atoms with E-state index in [1.807, 2.05) is 63.5 Å². The van der Waals surface area contributed by atoms with Gasteiger partial charge in [-0.1, -0.05) is 39.8 Å². The first-order valence-electron chi connectivity index (χ1n) is 11.9. The lowest BCUT2D eigenvalue weighted by Gasteiger charge is -2.17. The fourth-order valence-electron chi connectivity index (χ4n) is 3.47. The van der Waals surface area contributed by atoms with Gasteiger partial charge < -0.3 is 20.1 Å². The number of carbonyl (C=O) groups excluding carboxylic acids is 2. The number of aryl methyl sites for hydroxylation is 2. The molecule has 35 heavy (non-hydrogen) atoms. The van der Waals surface area contributed by atoms with Gasteiger partial charge in [-0.15, -0.1) is 0 Å². The van der Waals surface area contributed by atoms with Crippen molar-refractivity contribution >= 4 is 17.8 Å². The molecular formula is C28H36N2O5. The molecule has 3 N–H and O–H groups in total. The van der Waals surface area contributed by atoms with E-state index in [9.17, 15) is 14.4 Å². The highest BCUT2D eigenvalue weighted by Crippen LogP contribution is 2.30. The number of rotatable bonds is 8. The van der Waals surface area contributed by atoms with Gasteiger partial charge in [0.15, 0.2) is 0 Å². The SMILES string of the molecule is CC.CC.CCOC(=O)c1ccc(-c2ccc(CCC(=O)O)n2-c2ccc(C(N)=O)cc2C)cc1. The molecule has 0 fully saturated rings. The normalized spacial score (nSPS) is 9.77. The van der Waals surface area contributed by atoms with Gasteiger partial charge in [-0.25, -0.2) is 4.79 Å². The molecule has 188 valence electrons. The zero-order chi connectivity index (χ0) is 26.5. The Morgan fingerprint density at radius 2 is 1.51 bits per heavy atom. The van der Waals surface area contributed by atoms with Crippen LogP contribution in [0.25, 0.3) is 16.9 Å². The lowest BCUT2D eigenvalue weighted by molar-refractivity contribution is -0.137. The fraction of sp³-hybridized carbons (Fsp3) is 0.321. The Morgan fingerprint density at radius 1 is 0.914 bits per heavy atom. The first-order chi connectivity index (χ1) is 16.8. The minimum absolute atomic E-state index is 0.0103. The van der Waals surface area contributed by atoms with Crippen molar-refractivity contribution in [3.05, 3.63) is 77.0 Å². The topological polar surface area (TPSA) is 112 Å². The van der Waals surface area contributed by atoms with Gasteiger partial charge in [0.2, 0.25) is 5.91 Å². The van der Waals surface area contributed by atoms with E-state index in [1.54, 1.807) is 37.3 Å². The van der Waals surface area contributed by atoms with Crippen LogP contribution >= 0.6 is 0 Å². The molecule has 0 radical (unpaired) electrons. The quantitative estimate of drug-likeness (QED) is 0.396. The number of benzene rings is 2. The summed E-state index contributed by atoms with van der Waals surface area (Å²) < 4.78 is 7.01. The lowest BCUT2D eigenvalue weighted by Crippen LogP contribution is -2.12. The van der Waals surface area contributed by atoms with Crippen molar-refractivity contribution in [1.29, 1.82) is 0 Å². The van der Waals surface area contributed by atoms with E-state index in [4.69, 9.17) is 15.6 Å². The van der Waals surface area contributed by atoms with Crippen molar-refractivity contribution in [3.8, 4) is 16.9 Å². The number of hydrogen-bond acceptors (Lipinski definition) is 4. The number of carbonyl (C=O) groups is 3. The molecule has 7 heteroatoms. The van der Waals surface area contributed by atoms with Crippen molar-refractivity contribution in [1.82, 2.24) is 4.57 Å². The van der Waals surface area contributed by atoms with Gasteiger partial charge in [0, 0.05) is 16.9 Å². The number of nitrogens with zero attached hydrogens (tertiary/aromatic N) is 1. The van der Waals surface area contributed by atoms with Crippen molar-refractivity contribution in [2.24, 2.45) is 5.73 Å². The Bertz CT molecular complexity index is 1130. The summed E-state index contributed by atoms with van der Waals surface area (Å²) >= 11 is 0. The zero-order valence-corrected chi connectivity index (χ0v) is 21.4. The molecule has 0 saturated carbocycles. The second kappa shape index (κ2) is 14.4. The number of carboxylic acid groups (broad SMARTS) is 1. The molecule has 1 amide bonds. The van der Waals surface area contributed by atoms with E-state index in [1.165, 1.54) is 0 Å². The number of nitrogens with two attached hydrogens (primary N) is 1. The molecular weight excluding hydrogens is 444 g/mol. The molecule has 0 aliphatic carbocycles. The van der Waals surface area contributed by atoms with E-state index in [0.29, 0.717) is 24.2 Å². The lowest BCUT2D eigenvalue weighted by atomic mass is 10.1. The largest absolute Gasteiger partial charge is 0.481 e. The van der Waals surface area contributed by atoms with E-state index in [-0.39, 0.29) is 12.4 Å². The monoisotopic (exact) mass is 480 g/mol. The molecule has 2 aromatic carbocycles. The molecule has 0 bridgehead atoms. The number of esters is 1. The Labute approximate surface area is 207 Å². The third-order valence-electron chi connectivity index (χ3n) is 4.97. The third kappa shape index (κ3) is 7.57. The molecule has 7 nitrogen and oxygen atoms in total. The van der Waals surface area contributed by atoms with Crippen LogP contribution < -0.4 is 5.73 Å². The number of aliphatic carboxylic acids is 1.